The van der Waals surface area contributed by atoms with Gasteiger partial charge in [0.05, 0.1) is 25.4 Å². The summed E-state index contributed by atoms with van der Waals surface area (Å²) in [4.78, 5) is 14.2. The second-order valence-corrected chi connectivity index (χ2v) is 6.21. The SMILES string of the molecule is CC(C)CC1COCCN1C(=O)NCCC1CCCO1. The lowest BCUT2D eigenvalue weighted by molar-refractivity contribution is 0.00538. The Labute approximate surface area is 122 Å². The van der Waals surface area contributed by atoms with E-state index in [0.717, 1.165) is 32.3 Å². The van der Waals surface area contributed by atoms with Crippen molar-refractivity contribution in [1.82, 2.24) is 10.2 Å². The van der Waals surface area contributed by atoms with Crippen molar-refractivity contribution < 1.29 is 14.3 Å². The molecule has 2 unspecified atom stereocenters. The van der Waals surface area contributed by atoms with Crippen LogP contribution in [0.15, 0.2) is 0 Å². The van der Waals surface area contributed by atoms with Crippen LogP contribution in [0.3, 0.4) is 0 Å². The van der Waals surface area contributed by atoms with Crippen molar-refractivity contribution in [1.29, 1.82) is 0 Å². The molecule has 0 aromatic carbocycles. The highest BCUT2D eigenvalue weighted by atomic mass is 16.5. The Balaban J connectivity index is 1.73. The molecule has 2 aliphatic rings. The van der Waals surface area contributed by atoms with Gasteiger partial charge < -0.3 is 19.7 Å². The number of rotatable bonds is 5. The zero-order chi connectivity index (χ0) is 14.4. The van der Waals surface area contributed by atoms with Gasteiger partial charge in [-0.1, -0.05) is 13.8 Å². The van der Waals surface area contributed by atoms with E-state index in [1.165, 1.54) is 0 Å². The predicted octanol–water partition coefficient (Wildman–Crippen LogP) is 2.01. The quantitative estimate of drug-likeness (QED) is 0.840. The first-order valence-electron chi connectivity index (χ1n) is 7.90. The van der Waals surface area contributed by atoms with Crippen molar-refractivity contribution in [3.8, 4) is 0 Å². The van der Waals surface area contributed by atoms with Gasteiger partial charge in [0.1, 0.15) is 0 Å². The van der Waals surface area contributed by atoms with Gasteiger partial charge in [-0.2, -0.15) is 0 Å². The molecule has 0 saturated carbocycles. The molecule has 0 aliphatic carbocycles. The molecular formula is C15H28N2O3. The van der Waals surface area contributed by atoms with Crippen LogP contribution in [0.25, 0.3) is 0 Å². The van der Waals surface area contributed by atoms with E-state index in [1.807, 2.05) is 4.90 Å². The molecule has 2 rings (SSSR count). The van der Waals surface area contributed by atoms with E-state index in [4.69, 9.17) is 9.47 Å². The lowest BCUT2D eigenvalue weighted by Gasteiger charge is -2.36. The summed E-state index contributed by atoms with van der Waals surface area (Å²) in [5.41, 5.74) is 0. The van der Waals surface area contributed by atoms with Crippen LogP contribution < -0.4 is 5.32 Å². The van der Waals surface area contributed by atoms with Crippen LogP contribution in [0.2, 0.25) is 0 Å². The Morgan fingerprint density at radius 3 is 2.95 bits per heavy atom. The number of nitrogens with one attached hydrogen (secondary N) is 1. The summed E-state index contributed by atoms with van der Waals surface area (Å²) in [5, 5.41) is 3.03. The van der Waals surface area contributed by atoms with Crippen LogP contribution in [0.1, 0.15) is 39.5 Å². The molecule has 2 fully saturated rings. The number of morpholine rings is 1. The van der Waals surface area contributed by atoms with E-state index in [0.29, 0.717) is 38.3 Å². The summed E-state index contributed by atoms with van der Waals surface area (Å²) < 4.78 is 11.1. The Kier molecular flexibility index (Phi) is 6.10. The molecule has 0 spiro atoms. The van der Waals surface area contributed by atoms with Crippen molar-refractivity contribution in [3.63, 3.8) is 0 Å². The monoisotopic (exact) mass is 284 g/mol. The zero-order valence-electron chi connectivity index (χ0n) is 12.8. The number of nitrogens with zero attached hydrogens (tertiary/aromatic N) is 1. The first-order valence-corrected chi connectivity index (χ1v) is 7.90. The third-order valence-electron chi connectivity index (χ3n) is 4.00. The molecule has 2 saturated heterocycles. The largest absolute Gasteiger partial charge is 0.378 e. The van der Waals surface area contributed by atoms with Crippen LogP contribution in [0.5, 0.6) is 0 Å². The summed E-state index contributed by atoms with van der Waals surface area (Å²) in [7, 11) is 0. The molecule has 5 heteroatoms. The molecule has 2 atom stereocenters. The number of carbonyl (C=O) groups excluding carboxylic acids is 1. The van der Waals surface area contributed by atoms with Crippen molar-refractivity contribution in [2.24, 2.45) is 5.92 Å². The fourth-order valence-corrected chi connectivity index (χ4v) is 2.98. The smallest absolute Gasteiger partial charge is 0.317 e. The molecular weight excluding hydrogens is 256 g/mol. The Bertz CT molecular complexity index is 303. The van der Waals surface area contributed by atoms with E-state index in [9.17, 15) is 4.79 Å². The van der Waals surface area contributed by atoms with E-state index in [-0.39, 0.29) is 12.1 Å². The van der Waals surface area contributed by atoms with Crippen molar-refractivity contribution in [2.75, 3.05) is 32.9 Å². The highest BCUT2D eigenvalue weighted by molar-refractivity contribution is 5.74. The second kappa shape index (κ2) is 7.84. The van der Waals surface area contributed by atoms with E-state index in [2.05, 4.69) is 19.2 Å². The molecule has 1 N–H and O–H groups in total. The van der Waals surface area contributed by atoms with Gasteiger partial charge in [0.2, 0.25) is 0 Å². The second-order valence-electron chi connectivity index (χ2n) is 6.21. The minimum Gasteiger partial charge on any atom is -0.378 e. The van der Waals surface area contributed by atoms with Gasteiger partial charge in [-0.25, -0.2) is 4.79 Å². The lowest BCUT2D eigenvalue weighted by atomic mass is 10.0. The number of ether oxygens (including phenoxy) is 2. The Hall–Kier alpha value is -0.810. The fraction of sp³-hybridized carbons (Fsp3) is 0.933. The standard InChI is InChI=1S/C15H28N2O3/c1-12(2)10-13-11-19-9-7-17(13)15(18)16-6-5-14-4-3-8-20-14/h12-14H,3-11H2,1-2H3,(H,16,18). The molecule has 2 amide bonds. The topological polar surface area (TPSA) is 50.8 Å². The minimum atomic E-state index is 0.0527. The summed E-state index contributed by atoms with van der Waals surface area (Å²) >= 11 is 0. The maximum Gasteiger partial charge on any atom is 0.317 e. The third kappa shape index (κ3) is 4.63. The maximum atomic E-state index is 12.3. The van der Waals surface area contributed by atoms with Crippen LogP contribution in [0.4, 0.5) is 4.79 Å². The van der Waals surface area contributed by atoms with Crippen molar-refractivity contribution in [3.05, 3.63) is 0 Å². The average Bonchev–Trinajstić information content (AvgIpc) is 2.91. The average molecular weight is 284 g/mol. The van der Waals surface area contributed by atoms with Crippen LogP contribution >= 0.6 is 0 Å². The van der Waals surface area contributed by atoms with Gasteiger partial charge in [0.25, 0.3) is 0 Å². The lowest BCUT2D eigenvalue weighted by Crippen LogP contribution is -2.53. The molecule has 0 radical (unpaired) electrons. The van der Waals surface area contributed by atoms with E-state index < -0.39 is 0 Å². The Morgan fingerprint density at radius 1 is 1.40 bits per heavy atom. The molecule has 0 bridgehead atoms. The van der Waals surface area contributed by atoms with E-state index in [1.54, 1.807) is 0 Å². The Morgan fingerprint density at radius 2 is 2.25 bits per heavy atom. The first kappa shape index (κ1) is 15.6. The first-order chi connectivity index (χ1) is 9.66. The van der Waals surface area contributed by atoms with Crippen LogP contribution in [-0.2, 0) is 9.47 Å². The molecule has 2 heterocycles. The van der Waals surface area contributed by atoms with Gasteiger partial charge in [0, 0.05) is 19.7 Å². The van der Waals surface area contributed by atoms with Crippen LogP contribution in [0, 0.1) is 5.92 Å². The number of amides is 2. The summed E-state index contributed by atoms with van der Waals surface area (Å²) in [6.07, 6.45) is 4.54. The summed E-state index contributed by atoms with van der Waals surface area (Å²) in [6, 6.07) is 0.267. The summed E-state index contributed by atoms with van der Waals surface area (Å²) in [6.45, 7) is 7.95. The highest BCUT2D eigenvalue weighted by Gasteiger charge is 2.27. The third-order valence-corrected chi connectivity index (χ3v) is 4.00. The number of hydrogen-bond acceptors (Lipinski definition) is 3. The zero-order valence-corrected chi connectivity index (χ0v) is 12.8. The fourth-order valence-electron chi connectivity index (χ4n) is 2.98. The molecule has 2 aliphatic heterocycles. The number of urea groups is 1. The molecule has 116 valence electrons. The number of carbonyl (C=O) groups is 1. The minimum absolute atomic E-state index is 0.0527. The van der Waals surface area contributed by atoms with Gasteiger partial charge >= 0.3 is 6.03 Å². The number of hydrogen-bond donors (Lipinski definition) is 1. The van der Waals surface area contributed by atoms with E-state index >= 15 is 0 Å². The van der Waals surface area contributed by atoms with Crippen LogP contribution in [-0.4, -0.2) is 56.0 Å². The predicted molar refractivity (Wildman–Crippen MR) is 77.8 cm³/mol. The van der Waals surface area contributed by atoms with Crippen molar-refractivity contribution >= 4 is 6.03 Å². The molecule has 5 nitrogen and oxygen atoms in total. The molecule has 20 heavy (non-hydrogen) atoms. The maximum absolute atomic E-state index is 12.3. The highest BCUT2D eigenvalue weighted by Crippen LogP contribution is 2.17. The molecule has 0 aromatic rings. The molecule has 0 aromatic heterocycles. The van der Waals surface area contributed by atoms with Gasteiger partial charge in [-0.05, 0) is 31.6 Å². The van der Waals surface area contributed by atoms with Gasteiger partial charge in [-0.15, -0.1) is 0 Å². The van der Waals surface area contributed by atoms with Crippen molar-refractivity contribution in [2.45, 2.75) is 51.7 Å². The summed E-state index contributed by atoms with van der Waals surface area (Å²) in [5.74, 6) is 0.573. The van der Waals surface area contributed by atoms with Gasteiger partial charge in [-0.3, -0.25) is 0 Å². The van der Waals surface area contributed by atoms with Gasteiger partial charge in [0.15, 0.2) is 0 Å². The normalized spacial score (nSPS) is 27.1.